The zero-order chi connectivity index (χ0) is 18.5. The Balaban J connectivity index is 1.80. The number of nitrogens with one attached hydrogen (secondary N) is 2. The van der Waals surface area contributed by atoms with Gasteiger partial charge < -0.3 is 15.5 Å². The maximum atomic E-state index is 13.1. The van der Waals surface area contributed by atoms with Gasteiger partial charge in [-0.25, -0.2) is 9.37 Å². The highest BCUT2D eigenvalue weighted by molar-refractivity contribution is 5.73. The van der Waals surface area contributed by atoms with Crippen molar-refractivity contribution >= 4 is 23.4 Å². The summed E-state index contributed by atoms with van der Waals surface area (Å²) in [6, 6.07) is 8.27. The second-order valence-electron chi connectivity index (χ2n) is 6.56. The van der Waals surface area contributed by atoms with Crippen LogP contribution in [0, 0.1) is 5.82 Å². The van der Waals surface area contributed by atoms with Gasteiger partial charge in [-0.05, 0) is 37.1 Å². The standard InChI is InChI=1S/C19H24FN5O/c1-3-4-16-11-18(25-10-9-17(12-25)21-13(2)26)24-19(23-16)22-15-7-5-14(20)6-8-15/h5-8,11,17H,3-4,9-10,12H2,1-2H3,(H,21,26)(H,22,23,24)/t17-/m0/s1. The van der Waals surface area contributed by atoms with Crippen molar-refractivity contribution in [3.8, 4) is 0 Å². The summed E-state index contributed by atoms with van der Waals surface area (Å²) in [4.78, 5) is 22.6. The molecule has 1 atom stereocenters. The number of halogens is 1. The van der Waals surface area contributed by atoms with E-state index in [-0.39, 0.29) is 17.8 Å². The number of benzene rings is 1. The zero-order valence-corrected chi connectivity index (χ0v) is 15.1. The molecule has 3 rings (SSSR count). The number of hydrogen-bond acceptors (Lipinski definition) is 5. The number of amides is 1. The van der Waals surface area contributed by atoms with Gasteiger partial charge in [0, 0.05) is 43.5 Å². The van der Waals surface area contributed by atoms with Gasteiger partial charge in [-0.2, -0.15) is 4.98 Å². The van der Waals surface area contributed by atoms with E-state index in [2.05, 4.69) is 32.4 Å². The highest BCUT2D eigenvalue weighted by atomic mass is 19.1. The van der Waals surface area contributed by atoms with Gasteiger partial charge >= 0.3 is 0 Å². The Bertz CT molecular complexity index is 765. The van der Waals surface area contributed by atoms with Crippen LogP contribution in [0.2, 0.25) is 0 Å². The molecule has 138 valence electrons. The molecule has 1 fully saturated rings. The number of hydrogen-bond donors (Lipinski definition) is 2. The minimum absolute atomic E-state index is 0.00937. The van der Waals surface area contributed by atoms with Gasteiger partial charge in [0.1, 0.15) is 11.6 Å². The van der Waals surface area contributed by atoms with Crippen molar-refractivity contribution in [2.45, 2.75) is 39.2 Å². The van der Waals surface area contributed by atoms with Crippen molar-refractivity contribution < 1.29 is 9.18 Å². The van der Waals surface area contributed by atoms with E-state index < -0.39 is 0 Å². The van der Waals surface area contributed by atoms with Crippen molar-refractivity contribution in [1.29, 1.82) is 0 Å². The summed E-state index contributed by atoms with van der Waals surface area (Å²) in [6.07, 6.45) is 2.74. The van der Waals surface area contributed by atoms with Crippen molar-refractivity contribution in [1.82, 2.24) is 15.3 Å². The number of carbonyl (C=O) groups is 1. The third kappa shape index (κ3) is 4.68. The Labute approximate surface area is 152 Å². The third-order valence-electron chi connectivity index (χ3n) is 4.29. The van der Waals surface area contributed by atoms with Crippen LogP contribution in [0.1, 0.15) is 32.4 Å². The summed E-state index contributed by atoms with van der Waals surface area (Å²) in [7, 11) is 0. The maximum Gasteiger partial charge on any atom is 0.229 e. The van der Waals surface area contributed by atoms with Crippen LogP contribution in [0.25, 0.3) is 0 Å². The molecule has 0 unspecified atom stereocenters. The number of aromatic nitrogens is 2. The Morgan fingerprint density at radius 2 is 2.08 bits per heavy atom. The molecule has 0 aliphatic carbocycles. The molecule has 1 aliphatic heterocycles. The van der Waals surface area contributed by atoms with E-state index in [1.54, 1.807) is 12.1 Å². The number of carbonyl (C=O) groups excluding carboxylic acids is 1. The lowest BCUT2D eigenvalue weighted by Gasteiger charge is -2.19. The lowest BCUT2D eigenvalue weighted by molar-refractivity contribution is -0.119. The van der Waals surface area contributed by atoms with E-state index in [0.717, 1.165) is 49.6 Å². The van der Waals surface area contributed by atoms with Crippen molar-refractivity contribution in [2.75, 3.05) is 23.3 Å². The zero-order valence-electron chi connectivity index (χ0n) is 15.1. The second kappa shape index (κ2) is 8.12. The Hall–Kier alpha value is -2.70. The molecule has 0 bridgehead atoms. The molecular weight excluding hydrogens is 333 g/mol. The van der Waals surface area contributed by atoms with E-state index in [9.17, 15) is 9.18 Å². The van der Waals surface area contributed by atoms with Crippen LogP contribution < -0.4 is 15.5 Å². The largest absolute Gasteiger partial charge is 0.354 e. The summed E-state index contributed by atoms with van der Waals surface area (Å²) in [6.45, 7) is 5.22. The van der Waals surface area contributed by atoms with Crippen molar-refractivity contribution in [3.63, 3.8) is 0 Å². The average Bonchev–Trinajstić information content (AvgIpc) is 3.05. The number of anilines is 3. The monoisotopic (exact) mass is 357 g/mol. The fraction of sp³-hybridized carbons (Fsp3) is 0.421. The minimum Gasteiger partial charge on any atom is -0.354 e. The quantitative estimate of drug-likeness (QED) is 0.832. The summed E-state index contributed by atoms with van der Waals surface area (Å²) in [5.41, 5.74) is 1.70. The van der Waals surface area contributed by atoms with Gasteiger partial charge in [0.15, 0.2) is 0 Å². The molecule has 0 saturated carbocycles. The first kappa shape index (κ1) is 18.1. The lowest BCUT2D eigenvalue weighted by Crippen LogP contribution is -2.35. The van der Waals surface area contributed by atoms with Gasteiger partial charge in [0.25, 0.3) is 0 Å². The van der Waals surface area contributed by atoms with E-state index in [1.807, 2.05) is 6.07 Å². The van der Waals surface area contributed by atoms with E-state index in [4.69, 9.17) is 0 Å². The summed E-state index contributed by atoms with van der Waals surface area (Å²) >= 11 is 0. The van der Waals surface area contributed by atoms with Crippen LogP contribution in [-0.2, 0) is 11.2 Å². The van der Waals surface area contributed by atoms with Crippen LogP contribution in [0.3, 0.4) is 0 Å². The number of nitrogens with zero attached hydrogens (tertiary/aromatic N) is 3. The van der Waals surface area contributed by atoms with E-state index in [1.165, 1.54) is 19.1 Å². The highest BCUT2D eigenvalue weighted by Crippen LogP contribution is 2.23. The van der Waals surface area contributed by atoms with E-state index in [0.29, 0.717) is 5.95 Å². The fourth-order valence-corrected chi connectivity index (χ4v) is 3.12. The van der Waals surface area contributed by atoms with Crippen molar-refractivity contribution in [2.24, 2.45) is 0 Å². The highest BCUT2D eigenvalue weighted by Gasteiger charge is 2.24. The predicted octanol–water partition coefficient (Wildman–Crippen LogP) is 3.03. The molecular formula is C19H24FN5O. The van der Waals surface area contributed by atoms with Crippen LogP contribution in [0.4, 0.5) is 21.8 Å². The van der Waals surface area contributed by atoms with Crippen LogP contribution in [-0.4, -0.2) is 35.0 Å². The molecule has 0 spiro atoms. The molecule has 2 aromatic rings. The van der Waals surface area contributed by atoms with Gasteiger partial charge in [-0.1, -0.05) is 13.3 Å². The van der Waals surface area contributed by atoms with Crippen LogP contribution in [0.15, 0.2) is 30.3 Å². The first-order valence-corrected chi connectivity index (χ1v) is 8.96. The average molecular weight is 357 g/mol. The van der Waals surface area contributed by atoms with Crippen LogP contribution >= 0.6 is 0 Å². The second-order valence-corrected chi connectivity index (χ2v) is 6.56. The summed E-state index contributed by atoms with van der Waals surface area (Å²) < 4.78 is 13.1. The van der Waals surface area contributed by atoms with Crippen molar-refractivity contribution in [3.05, 3.63) is 41.8 Å². The molecule has 26 heavy (non-hydrogen) atoms. The van der Waals surface area contributed by atoms with Gasteiger partial charge in [0.05, 0.1) is 0 Å². The third-order valence-corrected chi connectivity index (χ3v) is 4.29. The molecule has 7 heteroatoms. The first-order valence-electron chi connectivity index (χ1n) is 8.96. The molecule has 1 aromatic heterocycles. The minimum atomic E-state index is -0.280. The normalized spacial score (nSPS) is 16.6. The molecule has 1 aliphatic rings. The Morgan fingerprint density at radius 3 is 2.77 bits per heavy atom. The SMILES string of the molecule is CCCc1cc(N2CC[C@H](NC(C)=O)C2)nc(Nc2ccc(F)cc2)n1. The molecule has 1 saturated heterocycles. The summed E-state index contributed by atoms with van der Waals surface area (Å²) in [5.74, 6) is 1.06. The first-order chi connectivity index (χ1) is 12.5. The molecule has 2 N–H and O–H groups in total. The molecule has 6 nitrogen and oxygen atoms in total. The Kier molecular flexibility index (Phi) is 5.65. The Morgan fingerprint density at radius 1 is 1.31 bits per heavy atom. The summed E-state index contributed by atoms with van der Waals surface area (Å²) in [5, 5.41) is 6.12. The smallest absolute Gasteiger partial charge is 0.229 e. The van der Waals surface area contributed by atoms with E-state index >= 15 is 0 Å². The molecule has 2 heterocycles. The predicted molar refractivity (Wildman–Crippen MR) is 100 cm³/mol. The topological polar surface area (TPSA) is 70.2 Å². The lowest BCUT2D eigenvalue weighted by atomic mass is 10.2. The van der Waals surface area contributed by atoms with Gasteiger partial charge in [-0.3, -0.25) is 4.79 Å². The van der Waals surface area contributed by atoms with Gasteiger partial charge in [0.2, 0.25) is 11.9 Å². The number of aryl methyl sites for hydroxylation is 1. The molecule has 0 radical (unpaired) electrons. The fourth-order valence-electron chi connectivity index (χ4n) is 3.12. The number of rotatable bonds is 6. The van der Waals surface area contributed by atoms with Crippen LogP contribution in [0.5, 0.6) is 0 Å². The molecule has 1 amide bonds. The maximum absolute atomic E-state index is 13.1. The van der Waals surface area contributed by atoms with Gasteiger partial charge in [-0.15, -0.1) is 0 Å². The molecule has 1 aromatic carbocycles.